The minimum absolute atomic E-state index is 0.103. The van der Waals surface area contributed by atoms with Gasteiger partial charge in [-0.25, -0.2) is 4.79 Å². The molecule has 1 aromatic heterocycles. The molecule has 0 aromatic carbocycles. The lowest BCUT2D eigenvalue weighted by Crippen LogP contribution is -2.34. The highest BCUT2D eigenvalue weighted by Gasteiger charge is 2.40. The molecule has 0 radical (unpaired) electrons. The van der Waals surface area contributed by atoms with Gasteiger partial charge in [0.2, 0.25) is 0 Å². The molecule has 0 amide bonds. The maximum atomic E-state index is 12.7. The number of ketones is 1. The molecule has 0 bridgehead atoms. The molecule has 0 unspecified atom stereocenters. The van der Waals surface area contributed by atoms with Crippen LogP contribution in [0.3, 0.4) is 0 Å². The second-order valence-corrected chi connectivity index (χ2v) is 6.28. The van der Waals surface area contributed by atoms with Crippen molar-refractivity contribution >= 4 is 11.8 Å². The number of carbonyl (C=O) groups is 2. The van der Waals surface area contributed by atoms with Crippen molar-refractivity contribution in [2.75, 3.05) is 7.11 Å². The van der Waals surface area contributed by atoms with E-state index in [0.717, 1.165) is 42.0 Å². The van der Waals surface area contributed by atoms with Crippen LogP contribution in [-0.4, -0.2) is 28.6 Å². The van der Waals surface area contributed by atoms with Gasteiger partial charge in [-0.3, -0.25) is 9.48 Å². The SMILES string of the molecule is CCn1cc([C@@H]2C(C(=O)OC)=C(C)NC3=C2C(=O)CCC3)c(C)n1. The molecular formula is C18H23N3O3. The monoisotopic (exact) mass is 329 g/mol. The summed E-state index contributed by atoms with van der Waals surface area (Å²) in [5.41, 5.74) is 4.63. The summed E-state index contributed by atoms with van der Waals surface area (Å²) in [6.07, 6.45) is 4.12. The third-order valence-corrected chi connectivity index (χ3v) is 4.80. The standard InChI is InChI=1S/C18H23N3O3/c1-5-21-9-12(10(2)20-21)16-15(18(23)24-4)11(3)19-13-7-6-8-14(22)17(13)16/h9,16,19H,5-8H2,1-4H3/t16-/m1/s1. The Balaban J connectivity index is 2.21. The van der Waals surface area contributed by atoms with Crippen LogP contribution in [0.4, 0.5) is 0 Å². The first-order valence-corrected chi connectivity index (χ1v) is 8.34. The highest BCUT2D eigenvalue weighted by atomic mass is 16.5. The number of carbonyl (C=O) groups excluding carboxylic acids is 2. The summed E-state index contributed by atoms with van der Waals surface area (Å²) in [5.74, 6) is -0.702. The predicted octanol–water partition coefficient (Wildman–Crippen LogP) is 2.35. The highest BCUT2D eigenvalue weighted by Crippen LogP contribution is 2.43. The third-order valence-electron chi connectivity index (χ3n) is 4.80. The minimum atomic E-state index is -0.404. The van der Waals surface area contributed by atoms with Gasteiger partial charge >= 0.3 is 5.97 Å². The van der Waals surface area contributed by atoms with Gasteiger partial charge in [0.1, 0.15) is 0 Å². The van der Waals surface area contributed by atoms with Gasteiger partial charge in [0, 0.05) is 41.7 Å². The number of hydrogen-bond acceptors (Lipinski definition) is 5. The molecular weight excluding hydrogens is 306 g/mol. The van der Waals surface area contributed by atoms with Gasteiger partial charge in [0.15, 0.2) is 5.78 Å². The van der Waals surface area contributed by atoms with E-state index in [9.17, 15) is 9.59 Å². The molecule has 1 N–H and O–H groups in total. The topological polar surface area (TPSA) is 73.2 Å². The first kappa shape index (κ1) is 16.5. The number of rotatable bonds is 3. The van der Waals surface area contributed by atoms with E-state index in [0.29, 0.717) is 17.6 Å². The highest BCUT2D eigenvalue weighted by molar-refractivity contribution is 6.03. The van der Waals surface area contributed by atoms with Crippen molar-refractivity contribution in [2.24, 2.45) is 0 Å². The van der Waals surface area contributed by atoms with Crippen molar-refractivity contribution in [2.45, 2.75) is 52.5 Å². The van der Waals surface area contributed by atoms with Crippen molar-refractivity contribution in [3.63, 3.8) is 0 Å². The summed E-state index contributed by atoms with van der Waals surface area (Å²) in [5, 5.41) is 7.76. The van der Waals surface area contributed by atoms with Gasteiger partial charge in [-0.15, -0.1) is 0 Å². The average Bonchev–Trinajstić information content (AvgIpc) is 2.94. The van der Waals surface area contributed by atoms with E-state index in [4.69, 9.17) is 4.74 Å². The van der Waals surface area contributed by atoms with E-state index in [1.807, 2.05) is 31.6 Å². The van der Waals surface area contributed by atoms with Crippen LogP contribution in [0, 0.1) is 6.92 Å². The molecule has 0 saturated carbocycles. The van der Waals surface area contributed by atoms with Crippen LogP contribution in [0.5, 0.6) is 0 Å². The Morgan fingerprint density at radius 3 is 2.79 bits per heavy atom. The third kappa shape index (κ3) is 2.56. The van der Waals surface area contributed by atoms with Gasteiger partial charge in [-0.1, -0.05) is 0 Å². The Hall–Kier alpha value is -2.37. The number of nitrogens with zero attached hydrogens (tertiary/aromatic N) is 2. The quantitative estimate of drug-likeness (QED) is 0.862. The lowest BCUT2D eigenvalue weighted by atomic mass is 9.75. The van der Waals surface area contributed by atoms with Crippen LogP contribution in [0.2, 0.25) is 0 Å². The van der Waals surface area contributed by atoms with E-state index in [2.05, 4.69) is 10.4 Å². The average molecular weight is 329 g/mol. The summed E-state index contributed by atoms with van der Waals surface area (Å²) < 4.78 is 6.84. The molecule has 3 rings (SSSR count). The Morgan fingerprint density at radius 1 is 1.42 bits per heavy atom. The first-order valence-electron chi connectivity index (χ1n) is 8.34. The number of allylic oxidation sites excluding steroid dienone is 3. The van der Waals surface area contributed by atoms with E-state index < -0.39 is 11.9 Å². The molecule has 24 heavy (non-hydrogen) atoms. The van der Waals surface area contributed by atoms with E-state index in [1.54, 1.807) is 0 Å². The summed E-state index contributed by atoms with van der Waals surface area (Å²) in [4.78, 5) is 25.1. The lowest BCUT2D eigenvalue weighted by Gasteiger charge is -2.33. The van der Waals surface area contributed by atoms with Crippen LogP contribution in [0.15, 0.2) is 28.7 Å². The number of dihydropyridines is 1. The maximum absolute atomic E-state index is 12.7. The smallest absolute Gasteiger partial charge is 0.336 e. The van der Waals surface area contributed by atoms with Crippen LogP contribution < -0.4 is 5.32 Å². The summed E-state index contributed by atoms with van der Waals surface area (Å²) in [6.45, 7) is 6.53. The van der Waals surface area contributed by atoms with Gasteiger partial charge in [-0.2, -0.15) is 5.10 Å². The second kappa shape index (κ2) is 6.26. The Morgan fingerprint density at radius 2 is 2.17 bits per heavy atom. The molecule has 1 atom stereocenters. The van der Waals surface area contributed by atoms with Crippen molar-refractivity contribution in [3.8, 4) is 0 Å². The Labute approximate surface area is 141 Å². The lowest BCUT2D eigenvalue weighted by molar-refractivity contribution is -0.136. The molecule has 2 heterocycles. The fourth-order valence-corrected chi connectivity index (χ4v) is 3.65. The molecule has 0 saturated heterocycles. The van der Waals surface area contributed by atoms with Crippen molar-refractivity contribution in [3.05, 3.63) is 40.0 Å². The molecule has 0 fully saturated rings. The zero-order valence-electron chi connectivity index (χ0n) is 14.6. The summed E-state index contributed by atoms with van der Waals surface area (Å²) in [6, 6.07) is 0. The minimum Gasteiger partial charge on any atom is -0.466 e. The second-order valence-electron chi connectivity index (χ2n) is 6.28. The molecule has 6 nitrogen and oxygen atoms in total. The van der Waals surface area contributed by atoms with Crippen LogP contribution in [-0.2, 0) is 20.9 Å². The van der Waals surface area contributed by atoms with Crippen molar-refractivity contribution in [1.29, 1.82) is 0 Å². The molecule has 6 heteroatoms. The zero-order valence-corrected chi connectivity index (χ0v) is 14.6. The van der Waals surface area contributed by atoms with Crippen LogP contribution >= 0.6 is 0 Å². The summed E-state index contributed by atoms with van der Waals surface area (Å²) >= 11 is 0. The van der Waals surface area contributed by atoms with Gasteiger partial charge in [0.05, 0.1) is 24.3 Å². The van der Waals surface area contributed by atoms with Crippen molar-refractivity contribution < 1.29 is 14.3 Å². The van der Waals surface area contributed by atoms with Crippen LogP contribution in [0.25, 0.3) is 0 Å². The van der Waals surface area contributed by atoms with E-state index in [-0.39, 0.29) is 5.78 Å². The van der Waals surface area contributed by atoms with Gasteiger partial charge < -0.3 is 10.1 Å². The fourth-order valence-electron chi connectivity index (χ4n) is 3.65. The molecule has 1 aromatic rings. The number of Topliss-reactive ketones (excluding diaryl/α,β-unsaturated/α-hetero) is 1. The Kier molecular flexibility index (Phi) is 4.30. The normalized spacial score (nSPS) is 20.8. The fraction of sp³-hybridized carbons (Fsp3) is 0.500. The van der Waals surface area contributed by atoms with Gasteiger partial charge in [0.25, 0.3) is 0 Å². The predicted molar refractivity (Wildman–Crippen MR) is 89.1 cm³/mol. The van der Waals surface area contributed by atoms with E-state index >= 15 is 0 Å². The van der Waals surface area contributed by atoms with Crippen molar-refractivity contribution in [1.82, 2.24) is 15.1 Å². The first-order chi connectivity index (χ1) is 11.5. The molecule has 1 aliphatic carbocycles. The maximum Gasteiger partial charge on any atom is 0.336 e. The number of ether oxygens (including phenoxy) is 1. The number of aryl methyl sites for hydroxylation is 2. The molecule has 0 spiro atoms. The largest absolute Gasteiger partial charge is 0.466 e. The number of esters is 1. The van der Waals surface area contributed by atoms with Gasteiger partial charge in [-0.05, 0) is 33.6 Å². The Bertz CT molecular complexity index is 770. The molecule has 128 valence electrons. The zero-order chi connectivity index (χ0) is 17.4. The summed E-state index contributed by atoms with van der Waals surface area (Å²) in [7, 11) is 1.37. The number of aromatic nitrogens is 2. The number of nitrogens with one attached hydrogen (secondary N) is 1. The number of methoxy groups -OCH3 is 1. The number of hydrogen-bond donors (Lipinski definition) is 1. The van der Waals surface area contributed by atoms with E-state index in [1.165, 1.54) is 7.11 Å². The molecule has 1 aliphatic heterocycles. The van der Waals surface area contributed by atoms with Crippen LogP contribution in [0.1, 0.15) is 50.3 Å². The molecule has 2 aliphatic rings.